The van der Waals surface area contributed by atoms with Crippen molar-refractivity contribution >= 4 is 23.4 Å². The van der Waals surface area contributed by atoms with Gasteiger partial charge in [-0.25, -0.2) is 0 Å². The van der Waals surface area contributed by atoms with E-state index in [2.05, 4.69) is 39.8 Å². The molecule has 2 heterocycles. The summed E-state index contributed by atoms with van der Waals surface area (Å²) in [6.07, 6.45) is 1.83. The SMILES string of the molecule is COc1cccc(B2OC(C)(C)C(C)(C)O2)c1-c1nccc2ccccc12. The summed E-state index contributed by atoms with van der Waals surface area (Å²) >= 11 is 0. The second kappa shape index (κ2) is 6.36. The molecule has 1 aliphatic heterocycles. The van der Waals surface area contributed by atoms with Crippen LogP contribution < -0.4 is 10.2 Å². The van der Waals surface area contributed by atoms with Crippen molar-refractivity contribution < 1.29 is 14.0 Å². The van der Waals surface area contributed by atoms with Gasteiger partial charge in [-0.05, 0) is 50.7 Å². The molecule has 0 unspecified atom stereocenters. The van der Waals surface area contributed by atoms with Crippen LogP contribution in [0.2, 0.25) is 0 Å². The predicted octanol–water partition coefficient (Wildman–Crippen LogP) is 4.21. The van der Waals surface area contributed by atoms with Crippen molar-refractivity contribution in [1.82, 2.24) is 4.98 Å². The second-order valence-corrected chi connectivity index (χ2v) is 7.89. The van der Waals surface area contributed by atoms with Crippen molar-refractivity contribution in [2.45, 2.75) is 38.9 Å². The molecule has 5 heteroatoms. The van der Waals surface area contributed by atoms with Gasteiger partial charge in [-0.1, -0.05) is 36.4 Å². The number of hydrogen-bond acceptors (Lipinski definition) is 4. The van der Waals surface area contributed by atoms with E-state index in [1.807, 2.05) is 42.6 Å². The average molecular weight is 361 g/mol. The van der Waals surface area contributed by atoms with Crippen LogP contribution in [0.4, 0.5) is 0 Å². The minimum Gasteiger partial charge on any atom is -0.496 e. The lowest BCUT2D eigenvalue weighted by atomic mass is 9.74. The Labute approximate surface area is 160 Å². The van der Waals surface area contributed by atoms with Crippen LogP contribution in [-0.4, -0.2) is 30.4 Å². The van der Waals surface area contributed by atoms with Gasteiger partial charge in [0.2, 0.25) is 0 Å². The molecule has 0 aliphatic carbocycles. The fourth-order valence-corrected chi connectivity index (χ4v) is 3.46. The summed E-state index contributed by atoms with van der Waals surface area (Å²) in [4.78, 5) is 4.70. The summed E-state index contributed by atoms with van der Waals surface area (Å²) in [6.45, 7) is 8.23. The van der Waals surface area contributed by atoms with Crippen LogP contribution in [0.1, 0.15) is 27.7 Å². The van der Waals surface area contributed by atoms with Gasteiger partial charge in [0, 0.05) is 17.1 Å². The van der Waals surface area contributed by atoms with Crippen LogP contribution in [-0.2, 0) is 9.31 Å². The highest BCUT2D eigenvalue weighted by atomic mass is 16.7. The summed E-state index contributed by atoms with van der Waals surface area (Å²) in [7, 11) is 1.19. The Bertz CT molecular complexity index is 979. The number of ether oxygens (including phenoxy) is 1. The zero-order valence-corrected chi connectivity index (χ0v) is 16.4. The lowest BCUT2D eigenvalue weighted by Crippen LogP contribution is -2.41. The molecule has 1 saturated heterocycles. The smallest absolute Gasteiger partial charge is 0.495 e. The van der Waals surface area contributed by atoms with Gasteiger partial charge in [-0.3, -0.25) is 4.98 Å². The number of benzene rings is 2. The van der Waals surface area contributed by atoms with Crippen LogP contribution in [0.5, 0.6) is 5.75 Å². The third-order valence-corrected chi connectivity index (χ3v) is 5.70. The lowest BCUT2D eigenvalue weighted by Gasteiger charge is -2.32. The van der Waals surface area contributed by atoms with Crippen molar-refractivity contribution in [3.05, 3.63) is 54.7 Å². The fourth-order valence-electron chi connectivity index (χ4n) is 3.46. The number of nitrogens with zero attached hydrogens (tertiary/aromatic N) is 1. The van der Waals surface area contributed by atoms with Crippen molar-refractivity contribution in [3.63, 3.8) is 0 Å². The molecular weight excluding hydrogens is 337 g/mol. The minimum atomic E-state index is -0.485. The first-order chi connectivity index (χ1) is 12.8. The molecule has 3 aromatic rings. The molecular formula is C22H24BNO3. The third-order valence-electron chi connectivity index (χ3n) is 5.70. The molecule has 27 heavy (non-hydrogen) atoms. The molecule has 2 aromatic carbocycles. The molecule has 1 fully saturated rings. The first kappa shape index (κ1) is 18.0. The van der Waals surface area contributed by atoms with E-state index in [9.17, 15) is 0 Å². The highest BCUT2D eigenvalue weighted by Crippen LogP contribution is 2.39. The van der Waals surface area contributed by atoms with Crippen molar-refractivity contribution in [2.24, 2.45) is 0 Å². The van der Waals surface area contributed by atoms with Crippen LogP contribution in [0.25, 0.3) is 22.0 Å². The van der Waals surface area contributed by atoms with Gasteiger partial charge in [-0.2, -0.15) is 0 Å². The maximum atomic E-state index is 6.32. The molecule has 1 aliphatic rings. The largest absolute Gasteiger partial charge is 0.496 e. The number of fused-ring (bicyclic) bond motifs is 1. The zero-order chi connectivity index (χ0) is 19.2. The maximum absolute atomic E-state index is 6.32. The average Bonchev–Trinajstić information content (AvgIpc) is 2.88. The molecule has 0 atom stereocenters. The van der Waals surface area contributed by atoms with E-state index in [1.54, 1.807) is 7.11 Å². The summed E-state index contributed by atoms with van der Waals surface area (Å²) < 4.78 is 18.3. The van der Waals surface area contributed by atoms with E-state index in [4.69, 9.17) is 19.0 Å². The first-order valence-electron chi connectivity index (χ1n) is 9.21. The molecule has 0 saturated carbocycles. The van der Waals surface area contributed by atoms with Crippen molar-refractivity contribution in [3.8, 4) is 17.0 Å². The summed E-state index contributed by atoms with van der Waals surface area (Å²) in [6, 6.07) is 16.2. The monoisotopic (exact) mass is 361 g/mol. The topological polar surface area (TPSA) is 40.6 Å². The molecule has 4 rings (SSSR count). The normalized spacial score (nSPS) is 18.0. The third kappa shape index (κ3) is 2.91. The van der Waals surface area contributed by atoms with E-state index >= 15 is 0 Å². The summed E-state index contributed by atoms with van der Waals surface area (Å²) in [5.41, 5.74) is 1.89. The Morgan fingerprint density at radius 1 is 0.889 bits per heavy atom. The maximum Gasteiger partial charge on any atom is 0.495 e. The highest BCUT2D eigenvalue weighted by molar-refractivity contribution is 6.64. The van der Waals surface area contributed by atoms with Gasteiger partial charge in [-0.15, -0.1) is 0 Å². The Hall–Kier alpha value is -2.37. The van der Waals surface area contributed by atoms with E-state index in [1.165, 1.54) is 0 Å². The van der Waals surface area contributed by atoms with Crippen molar-refractivity contribution in [2.75, 3.05) is 7.11 Å². The second-order valence-electron chi connectivity index (χ2n) is 7.89. The van der Waals surface area contributed by atoms with Gasteiger partial charge < -0.3 is 14.0 Å². The summed E-state index contributed by atoms with van der Waals surface area (Å²) in [5, 5.41) is 2.20. The van der Waals surface area contributed by atoms with Crippen LogP contribution in [0.15, 0.2) is 54.7 Å². The minimum absolute atomic E-state index is 0.413. The first-order valence-corrected chi connectivity index (χ1v) is 9.21. The molecule has 0 amide bonds. The van der Waals surface area contributed by atoms with Crippen LogP contribution in [0, 0.1) is 0 Å². The number of rotatable bonds is 3. The molecule has 0 N–H and O–H groups in total. The van der Waals surface area contributed by atoms with Gasteiger partial charge in [0.15, 0.2) is 0 Å². The fraction of sp³-hybridized carbons (Fsp3) is 0.318. The van der Waals surface area contributed by atoms with E-state index < -0.39 is 18.3 Å². The number of aromatic nitrogens is 1. The van der Waals surface area contributed by atoms with Crippen molar-refractivity contribution in [1.29, 1.82) is 0 Å². The van der Waals surface area contributed by atoms with E-state index in [0.29, 0.717) is 0 Å². The Morgan fingerprint density at radius 2 is 1.59 bits per heavy atom. The number of hydrogen-bond donors (Lipinski definition) is 0. The van der Waals surface area contributed by atoms with Crippen LogP contribution >= 0.6 is 0 Å². The van der Waals surface area contributed by atoms with Gasteiger partial charge in [0.1, 0.15) is 5.75 Å². The van der Waals surface area contributed by atoms with Gasteiger partial charge in [0.05, 0.1) is 24.0 Å². The molecule has 0 radical (unpaired) electrons. The zero-order valence-electron chi connectivity index (χ0n) is 16.4. The standard InChI is InChI=1S/C22H24BNO3/c1-21(2)22(3,4)27-23(26-21)17-11-8-12-18(25-5)19(17)20-16-10-7-6-9-15(16)13-14-24-20/h6-14H,1-5H3. The number of methoxy groups -OCH3 is 1. The molecule has 138 valence electrons. The number of pyridine rings is 1. The predicted molar refractivity (Wildman–Crippen MR) is 109 cm³/mol. The van der Waals surface area contributed by atoms with Gasteiger partial charge >= 0.3 is 7.12 Å². The van der Waals surface area contributed by atoms with E-state index in [0.717, 1.165) is 33.2 Å². The van der Waals surface area contributed by atoms with E-state index in [-0.39, 0.29) is 0 Å². The Morgan fingerprint density at radius 3 is 2.30 bits per heavy atom. The Kier molecular flexibility index (Phi) is 4.24. The van der Waals surface area contributed by atoms with Gasteiger partial charge in [0.25, 0.3) is 0 Å². The Balaban J connectivity index is 1.94. The molecule has 1 aromatic heterocycles. The quantitative estimate of drug-likeness (QED) is 0.656. The highest BCUT2D eigenvalue weighted by Gasteiger charge is 2.52. The van der Waals surface area contributed by atoms with Crippen LogP contribution in [0.3, 0.4) is 0 Å². The molecule has 4 nitrogen and oxygen atoms in total. The molecule has 0 spiro atoms. The molecule has 0 bridgehead atoms. The lowest BCUT2D eigenvalue weighted by molar-refractivity contribution is 0.00578. The summed E-state index contributed by atoms with van der Waals surface area (Å²) in [5.74, 6) is 0.756.